The van der Waals surface area contributed by atoms with Gasteiger partial charge in [-0.1, -0.05) is 12.1 Å². The van der Waals surface area contributed by atoms with Crippen molar-refractivity contribution < 1.29 is 19.4 Å². The second-order valence-corrected chi connectivity index (χ2v) is 3.32. The molecule has 5 heteroatoms. The second kappa shape index (κ2) is 5.48. The first kappa shape index (κ1) is 12.5. The Hall–Kier alpha value is -1.59. The van der Waals surface area contributed by atoms with Crippen LogP contribution in [0.15, 0.2) is 18.2 Å². The molecule has 1 atom stereocenters. The standard InChI is InChI=1S/C11H15NO4/c1-15-6-8-4-3-7(5-9(8)16-2)10(12)11(13)14/h3-5,10H,6,12H2,1-2H3,(H,13,14). The Labute approximate surface area is 93.8 Å². The monoisotopic (exact) mass is 225 g/mol. The summed E-state index contributed by atoms with van der Waals surface area (Å²) in [6.45, 7) is 0.408. The first-order valence-electron chi connectivity index (χ1n) is 4.74. The predicted octanol–water partition coefficient (Wildman–Crippen LogP) is 0.926. The summed E-state index contributed by atoms with van der Waals surface area (Å²) in [7, 11) is 3.10. The third-order valence-corrected chi connectivity index (χ3v) is 2.24. The zero-order valence-electron chi connectivity index (χ0n) is 9.27. The van der Waals surface area contributed by atoms with Crippen LogP contribution in [0.4, 0.5) is 0 Å². The van der Waals surface area contributed by atoms with Gasteiger partial charge >= 0.3 is 5.97 Å². The number of methoxy groups -OCH3 is 2. The number of hydrogen-bond donors (Lipinski definition) is 2. The van der Waals surface area contributed by atoms with Gasteiger partial charge in [-0.15, -0.1) is 0 Å². The number of benzene rings is 1. The molecule has 0 saturated carbocycles. The lowest BCUT2D eigenvalue weighted by molar-refractivity contribution is -0.138. The summed E-state index contributed by atoms with van der Waals surface area (Å²) < 4.78 is 10.1. The zero-order valence-corrected chi connectivity index (χ0v) is 9.27. The van der Waals surface area contributed by atoms with Crippen molar-refractivity contribution >= 4 is 5.97 Å². The van der Waals surface area contributed by atoms with Crippen molar-refractivity contribution in [1.82, 2.24) is 0 Å². The fourth-order valence-corrected chi connectivity index (χ4v) is 1.37. The molecule has 1 unspecified atom stereocenters. The van der Waals surface area contributed by atoms with Crippen molar-refractivity contribution in [3.8, 4) is 5.75 Å². The van der Waals surface area contributed by atoms with Gasteiger partial charge in [-0.05, 0) is 11.6 Å². The molecule has 5 nitrogen and oxygen atoms in total. The molecule has 0 bridgehead atoms. The van der Waals surface area contributed by atoms with Crippen LogP contribution in [0.5, 0.6) is 5.75 Å². The van der Waals surface area contributed by atoms with Crippen LogP contribution in [-0.4, -0.2) is 25.3 Å². The third kappa shape index (κ3) is 2.71. The van der Waals surface area contributed by atoms with E-state index in [4.69, 9.17) is 20.3 Å². The highest BCUT2D eigenvalue weighted by atomic mass is 16.5. The van der Waals surface area contributed by atoms with Gasteiger partial charge in [0.15, 0.2) is 0 Å². The van der Waals surface area contributed by atoms with E-state index >= 15 is 0 Å². The second-order valence-electron chi connectivity index (χ2n) is 3.32. The Morgan fingerprint density at radius 2 is 2.19 bits per heavy atom. The van der Waals surface area contributed by atoms with Crippen LogP contribution >= 0.6 is 0 Å². The molecule has 0 aliphatic carbocycles. The Bertz CT molecular complexity index is 378. The van der Waals surface area contributed by atoms with E-state index < -0.39 is 12.0 Å². The molecule has 0 aliphatic rings. The van der Waals surface area contributed by atoms with Gasteiger partial charge in [0.05, 0.1) is 13.7 Å². The molecule has 1 aromatic carbocycles. The summed E-state index contributed by atoms with van der Waals surface area (Å²) in [6.07, 6.45) is 0. The van der Waals surface area contributed by atoms with Crippen LogP contribution in [0.1, 0.15) is 17.2 Å². The highest BCUT2D eigenvalue weighted by Gasteiger charge is 2.16. The molecule has 0 saturated heterocycles. The maximum Gasteiger partial charge on any atom is 0.325 e. The van der Waals surface area contributed by atoms with E-state index in [1.54, 1.807) is 25.3 Å². The largest absolute Gasteiger partial charge is 0.496 e. The molecule has 0 fully saturated rings. The summed E-state index contributed by atoms with van der Waals surface area (Å²) in [4.78, 5) is 10.7. The minimum absolute atomic E-state index is 0.408. The molecule has 88 valence electrons. The lowest BCUT2D eigenvalue weighted by atomic mass is 10.0. The smallest absolute Gasteiger partial charge is 0.325 e. The first-order chi connectivity index (χ1) is 7.60. The highest BCUT2D eigenvalue weighted by Crippen LogP contribution is 2.23. The Kier molecular flexibility index (Phi) is 4.28. The van der Waals surface area contributed by atoms with Gasteiger partial charge in [0.25, 0.3) is 0 Å². The SMILES string of the molecule is COCc1ccc(C(N)C(=O)O)cc1OC. The molecule has 1 rings (SSSR count). The molecule has 0 amide bonds. The van der Waals surface area contributed by atoms with Crippen molar-refractivity contribution in [2.24, 2.45) is 5.73 Å². The summed E-state index contributed by atoms with van der Waals surface area (Å²) in [5.74, 6) is -0.488. The van der Waals surface area contributed by atoms with Crippen LogP contribution in [0.2, 0.25) is 0 Å². The number of aliphatic carboxylic acids is 1. The molecule has 0 aliphatic heterocycles. The predicted molar refractivity (Wildman–Crippen MR) is 58.3 cm³/mol. The topological polar surface area (TPSA) is 81.8 Å². The molecule has 1 aromatic rings. The molecule has 16 heavy (non-hydrogen) atoms. The lowest BCUT2D eigenvalue weighted by Crippen LogP contribution is -2.20. The van der Waals surface area contributed by atoms with Gasteiger partial charge in [0, 0.05) is 12.7 Å². The van der Waals surface area contributed by atoms with Crippen molar-refractivity contribution in [2.45, 2.75) is 12.6 Å². The van der Waals surface area contributed by atoms with Crippen molar-refractivity contribution in [1.29, 1.82) is 0 Å². The van der Waals surface area contributed by atoms with E-state index in [2.05, 4.69) is 0 Å². The summed E-state index contributed by atoms with van der Waals surface area (Å²) in [5.41, 5.74) is 6.86. The van der Waals surface area contributed by atoms with Crippen molar-refractivity contribution in [3.63, 3.8) is 0 Å². The normalized spacial score (nSPS) is 12.2. The van der Waals surface area contributed by atoms with Crippen molar-refractivity contribution in [2.75, 3.05) is 14.2 Å². The number of carbonyl (C=O) groups is 1. The van der Waals surface area contributed by atoms with Gasteiger partial charge < -0.3 is 20.3 Å². The minimum atomic E-state index is -1.07. The number of carboxylic acids is 1. The zero-order chi connectivity index (χ0) is 12.1. The lowest BCUT2D eigenvalue weighted by Gasteiger charge is -2.12. The molecular weight excluding hydrogens is 210 g/mol. The molecular formula is C11H15NO4. The van der Waals surface area contributed by atoms with Gasteiger partial charge in [-0.2, -0.15) is 0 Å². The van der Waals surface area contributed by atoms with E-state index in [1.165, 1.54) is 7.11 Å². The van der Waals surface area contributed by atoms with E-state index in [0.717, 1.165) is 5.56 Å². The quantitative estimate of drug-likeness (QED) is 0.778. The van der Waals surface area contributed by atoms with Gasteiger partial charge in [0.1, 0.15) is 11.8 Å². The molecule has 3 N–H and O–H groups in total. The maximum atomic E-state index is 10.7. The Morgan fingerprint density at radius 1 is 1.50 bits per heavy atom. The fraction of sp³-hybridized carbons (Fsp3) is 0.364. The summed E-state index contributed by atoms with van der Waals surface area (Å²) in [5, 5.41) is 8.78. The third-order valence-electron chi connectivity index (χ3n) is 2.24. The van der Waals surface area contributed by atoms with Gasteiger partial charge in [0.2, 0.25) is 0 Å². The Balaban J connectivity index is 3.03. The number of hydrogen-bond acceptors (Lipinski definition) is 4. The first-order valence-corrected chi connectivity index (χ1v) is 4.74. The number of nitrogens with two attached hydrogens (primary N) is 1. The van der Waals surface area contributed by atoms with E-state index in [1.807, 2.05) is 0 Å². The number of rotatable bonds is 5. The summed E-state index contributed by atoms with van der Waals surface area (Å²) >= 11 is 0. The van der Waals surface area contributed by atoms with E-state index in [-0.39, 0.29) is 0 Å². The van der Waals surface area contributed by atoms with Crippen molar-refractivity contribution in [3.05, 3.63) is 29.3 Å². The van der Waals surface area contributed by atoms with Gasteiger partial charge in [-0.25, -0.2) is 0 Å². The van der Waals surface area contributed by atoms with Crippen LogP contribution in [0.3, 0.4) is 0 Å². The minimum Gasteiger partial charge on any atom is -0.496 e. The van der Waals surface area contributed by atoms with Crippen LogP contribution in [0.25, 0.3) is 0 Å². The summed E-state index contributed by atoms with van der Waals surface area (Å²) in [6, 6.07) is 3.99. The molecule has 0 radical (unpaired) electrons. The van der Waals surface area contributed by atoms with Crippen LogP contribution < -0.4 is 10.5 Å². The van der Waals surface area contributed by atoms with Crippen LogP contribution in [0, 0.1) is 0 Å². The number of carboxylic acid groups (broad SMARTS) is 1. The maximum absolute atomic E-state index is 10.7. The Morgan fingerprint density at radius 3 is 2.69 bits per heavy atom. The van der Waals surface area contributed by atoms with Gasteiger partial charge in [-0.3, -0.25) is 4.79 Å². The van der Waals surface area contributed by atoms with Crippen LogP contribution in [-0.2, 0) is 16.1 Å². The number of ether oxygens (including phenoxy) is 2. The molecule has 0 spiro atoms. The van der Waals surface area contributed by atoms with E-state index in [0.29, 0.717) is 17.9 Å². The average molecular weight is 225 g/mol. The molecule has 0 heterocycles. The van der Waals surface area contributed by atoms with E-state index in [9.17, 15) is 4.79 Å². The molecule has 0 aromatic heterocycles. The highest BCUT2D eigenvalue weighted by molar-refractivity contribution is 5.75. The average Bonchev–Trinajstić information content (AvgIpc) is 2.29. The fourth-order valence-electron chi connectivity index (χ4n) is 1.37.